The Morgan fingerprint density at radius 3 is 2.82 bits per heavy atom. The molecule has 1 aliphatic heterocycles. The lowest BCUT2D eigenvalue weighted by molar-refractivity contribution is -0.130. The summed E-state index contributed by atoms with van der Waals surface area (Å²) >= 11 is 0. The Kier molecular flexibility index (Phi) is 6.30. The van der Waals surface area contributed by atoms with Gasteiger partial charge in [-0.1, -0.05) is 30.7 Å². The van der Waals surface area contributed by atoms with Crippen LogP contribution in [-0.4, -0.2) is 53.8 Å². The Labute approximate surface area is 168 Å². The van der Waals surface area contributed by atoms with Crippen LogP contribution in [0.3, 0.4) is 0 Å². The van der Waals surface area contributed by atoms with Gasteiger partial charge < -0.3 is 10.2 Å². The number of carbonyl (C=O) groups excluding carboxylic acids is 2. The van der Waals surface area contributed by atoms with Crippen LogP contribution in [0.5, 0.6) is 0 Å². The van der Waals surface area contributed by atoms with E-state index in [1.807, 2.05) is 4.90 Å². The lowest BCUT2D eigenvalue weighted by atomic mass is 10.1. The van der Waals surface area contributed by atoms with Gasteiger partial charge in [0.2, 0.25) is 11.8 Å². The molecular formula is C23H33N3O2. The topological polar surface area (TPSA) is 52.7 Å². The van der Waals surface area contributed by atoms with E-state index in [1.165, 1.54) is 24.0 Å². The number of nitrogens with zero attached hydrogens (tertiary/aromatic N) is 2. The van der Waals surface area contributed by atoms with Crippen molar-refractivity contribution in [3.8, 4) is 0 Å². The summed E-state index contributed by atoms with van der Waals surface area (Å²) < 4.78 is 0. The molecule has 0 aromatic heterocycles. The average Bonchev–Trinajstić information content (AvgIpc) is 3.49. The third-order valence-electron chi connectivity index (χ3n) is 6.44. The molecule has 1 N–H and O–H groups in total. The molecule has 152 valence electrons. The number of carbonyl (C=O) groups is 2. The van der Waals surface area contributed by atoms with E-state index >= 15 is 0 Å². The molecule has 1 atom stereocenters. The Balaban J connectivity index is 1.24. The lowest BCUT2D eigenvalue weighted by Gasteiger charge is -2.29. The third-order valence-corrected chi connectivity index (χ3v) is 6.44. The van der Waals surface area contributed by atoms with E-state index < -0.39 is 0 Å². The molecular weight excluding hydrogens is 350 g/mol. The minimum Gasteiger partial charge on any atom is -0.355 e. The van der Waals surface area contributed by atoms with E-state index in [1.54, 1.807) is 0 Å². The first-order valence-electron chi connectivity index (χ1n) is 11.1. The Hall–Kier alpha value is -1.88. The fourth-order valence-corrected chi connectivity index (χ4v) is 4.77. The van der Waals surface area contributed by atoms with E-state index in [0.717, 1.165) is 51.6 Å². The van der Waals surface area contributed by atoms with Crippen LogP contribution in [0, 0.1) is 0 Å². The summed E-state index contributed by atoms with van der Waals surface area (Å²) in [7, 11) is 0. The third kappa shape index (κ3) is 4.75. The first-order chi connectivity index (χ1) is 13.7. The van der Waals surface area contributed by atoms with Crippen molar-refractivity contribution < 1.29 is 9.59 Å². The quantitative estimate of drug-likeness (QED) is 0.702. The summed E-state index contributed by atoms with van der Waals surface area (Å²) in [5.41, 5.74) is 2.86. The molecule has 2 amide bonds. The lowest BCUT2D eigenvalue weighted by Crippen LogP contribution is -2.41. The number of likely N-dealkylation sites (tertiary alicyclic amines) is 1. The zero-order valence-electron chi connectivity index (χ0n) is 16.9. The van der Waals surface area contributed by atoms with Crippen molar-refractivity contribution in [2.75, 3.05) is 26.2 Å². The molecule has 1 saturated heterocycles. The molecule has 0 spiro atoms. The van der Waals surface area contributed by atoms with Crippen LogP contribution in [0.4, 0.5) is 0 Å². The molecule has 0 radical (unpaired) electrons. The Morgan fingerprint density at radius 2 is 1.96 bits per heavy atom. The molecule has 0 bridgehead atoms. The summed E-state index contributed by atoms with van der Waals surface area (Å²) in [6.07, 6.45) is 9.48. The van der Waals surface area contributed by atoms with Crippen LogP contribution in [0.1, 0.15) is 68.5 Å². The minimum absolute atomic E-state index is 0.124. The molecule has 5 heteroatoms. The molecule has 4 rings (SSSR count). The van der Waals surface area contributed by atoms with Crippen LogP contribution >= 0.6 is 0 Å². The minimum atomic E-state index is 0.124. The maximum Gasteiger partial charge on any atom is 0.234 e. The summed E-state index contributed by atoms with van der Waals surface area (Å²) in [6.45, 7) is 2.79. The van der Waals surface area contributed by atoms with Gasteiger partial charge >= 0.3 is 0 Å². The molecule has 28 heavy (non-hydrogen) atoms. The van der Waals surface area contributed by atoms with Gasteiger partial charge in [-0.2, -0.15) is 0 Å². The predicted octanol–water partition coefficient (Wildman–Crippen LogP) is 3.05. The molecule has 3 aliphatic rings. The first-order valence-corrected chi connectivity index (χ1v) is 11.1. The number of hydrogen-bond acceptors (Lipinski definition) is 3. The number of benzene rings is 1. The summed E-state index contributed by atoms with van der Waals surface area (Å²) in [4.78, 5) is 29.0. The SMILES string of the molecule is O=C(CN(C1CC1)[C@H]1CCc2ccccc21)NCCCN1CCCCCC1=O. The molecule has 1 aromatic rings. The van der Waals surface area contributed by atoms with Crippen LogP contribution in [-0.2, 0) is 16.0 Å². The highest BCUT2D eigenvalue weighted by Gasteiger charge is 2.38. The zero-order valence-corrected chi connectivity index (χ0v) is 16.9. The molecule has 5 nitrogen and oxygen atoms in total. The molecule has 1 saturated carbocycles. The van der Waals surface area contributed by atoms with E-state index in [4.69, 9.17) is 0 Å². The van der Waals surface area contributed by atoms with Crippen molar-refractivity contribution in [1.82, 2.24) is 15.1 Å². The summed E-state index contributed by atoms with van der Waals surface area (Å²) in [5, 5.41) is 3.09. The number of nitrogens with one attached hydrogen (secondary N) is 1. The number of amides is 2. The van der Waals surface area contributed by atoms with E-state index in [0.29, 0.717) is 31.6 Å². The van der Waals surface area contributed by atoms with Gasteiger partial charge in [-0.25, -0.2) is 0 Å². The van der Waals surface area contributed by atoms with Gasteiger partial charge in [0.05, 0.1) is 6.54 Å². The van der Waals surface area contributed by atoms with E-state index in [2.05, 4.69) is 34.5 Å². The number of hydrogen-bond donors (Lipinski definition) is 1. The number of rotatable bonds is 8. The van der Waals surface area contributed by atoms with Gasteiger partial charge in [0.1, 0.15) is 0 Å². The van der Waals surface area contributed by atoms with Crippen molar-refractivity contribution in [3.63, 3.8) is 0 Å². The summed E-state index contributed by atoms with van der Waals surface area (Å²) in [6, 6.07) is 9.65. The molecule has 2 aliphatic carbocycles. The van der Waals surface area contributed by atoms with Crippen molar-refractivity contribution in [2.45, 2.75) is 69.9 Å². The van der Waals surface area contributed by atoms with Crippen molar-refractivity contribution in [2.24, 2.45) is 0 Å². The smallest absolute Gasteiger partial charge is 0.234 e. The van der Waals surface area contributed by atoms with Crippen LogP contribution in [0.15, 0.2) is 24.3 Å². The normalized spacial score (nSPS) is 22.2. The maximum absolute atomic E-state index is 12.6. The van der Waals surface area contributed by atoms with Gasteiger partial charge in [-0.05, 0) is 56.1 Å². The Bertz CT molecular complexity index is 701. The van der Waals surface area contributed by atoms with Crippen molar-refractivity contribution in [1.29, 1.82) is 0 Å². The van der Waals surface area contributed by atoms with Crippen LogP contribution < -0.4 is 5.32 Å². The number of aryl methyl sites for hydroxylation is 1. The maximum atomic E-state index is 12.6. The largest absolute Gasteiger partial charge is 0.355 e. The van der Waals surface area contributed by atoms with E-state index in [-0.39, 0.29) is 11.8 Å². The average molecular weight is 384 g/mol. The molecule has 2 fully saturated rings. The molecule has 0 unspecified atom stereocenters. The van der Waals surface area contributed by atoms with Gasteiger partial charge in [0, 0.05) is 38.1 Å². The van der Waals surface area contributed by atoms with Crippen LogP contribution in [0.2, 0.25) is 0 Å². The highest BCUT2D eigenvalue weighted by molar-refractivity contribution is 5.78. The van der Waals surface area contributed by atoms with Crippen molar-refractivity contribution >= 4 is 11.8 Å². The first kappa shape index (κ1) is 19.4. The second-order valence-electron chi connectivity index (χ2n) is 8.55. The second kappa shape index (κ2) is 9.08. The van der Waals surface area contributed by atoms with E-state index in [9.17, 15) is 9.59 Å². The fourth-order valence-electron chi connectivity index (χ4n) is 4.77. The van der Waals surface area contributed by atoms with Crippen LogP contribution in [0.25, 0.3) is 0 Å². The fraction of sp³-hybridized carbons (Fsp3) is 0.652. The standard InChI is InChI=1S/C23H33N3O2/c27-22(24-14-6-16-25-15-5-1-2-9-23(25)28)17-26(19-11-12-19)21-13-10-18-7-3-4-8-20(18)21/h3-4,7-8,19,21H,1-2,5-6,9-17H2,(H,24,27)/t21-/m0/s1. The zero-order chi connectivity index (χ0) is 19.3. The van der Waals surface area contributed by atoms with Gasteiger partial charge in [0.25, 0.3) is 0 Å². The highest BCUT2D eigenvalue weighted by atomic mass is 16.2. The summed E-state index contributed by atoms with van der Waals surface area (Å²) in [5.74, 6) is 0.405. The monoisotopic (exact) mass is 383 g/mol. The Morgan fingerprint density at radius 1 is 1.11 bits per heavy atom. The number of fused-ring (bicyclic) bond motifs is 1. The van der Waals surface area contributed by atoms with Gasteiger partial charge in [0.15, 0.2) is 0 Å². The molecule has 1 aromatic carbocycles. The van der Waals surface area contributed by atoms with Gasteiger partial charge in [-0.3, -0.25) is 14.5 Å². The second-order valence-corrected chi connectivity index (χ2v) is 8.55. The van der Waals surface area contributed by atoms with Gasteiger partial charge in [-0.15, -0.1) is 0 Å². The van der Waals surface area contributed by atoms with Crippen molar-refractivity contribution in [3.05, 3.63) is 35.4 Å². The predicted molar refractivity (Wildman–Crippen MR) is 110 cm³/mol. The highest BCUT2D eigenvalue weighted by Crippen LogP contribution is 2.41. The molecule has 1 heterocycles.